The van der Waals surface area contributed by atoms with Gasteiger partial charge in [-0.15, -0.1) is 5.10 Å². The molecule has 4 aliphatic carbocycles. The number of carbonyl (C=O) groups excluding carboxylic acids is 2. The molecule has 4 aliphatic rings. The van der Waals surface area contributed by atoms with Gasteiger partial charge in [-0.25, -0.2) is 9.48 Å². The summed E-state index contributed by atoms with van der Waals surface area (Å²) in [5.74, 6) is 1.79. The number of amides is 1. The third-order valence-corrected chi connectivity index (χ3v) is 7.77. The first-order chi connectivity index (χ1) is 14.5. The molecule has 0 unspecified atom stereocenters. The van der Waals surface area contributed by atoms with Crippen molar-refractivity contribution in [3.63, 3.8) is 0 Å². The van der Waals surface area contributed by atoms with Gasteiger partial charge in [0.2, 0.25) is 0 Å². The Morgan fingerprint density at radius 2 is 1.87 bits per heavy atom. The summed E-state index contributed by atoms with van der Waals surface area (Å²) in [6, 6.07) is 5.28. The molecule has 1 heterocycles. The first-order valence-corrected chi connectivity index (χ1v) is 11.3. The number of hydrogen-bond donors (Lipinski definition) is 1. The van der Waals surface area contributed by atoms with Gasteiger partial charge >= 0.3 is 5.97 Å². The van der Waals surface area contributed by atoms with Crippen LogP contribution in [0.5, 0.6) is 0 Å². The first-order valence-electron chi connectivity index (χ1n) is 11.3. The van der Waals surface area contributed by atoms with Crippen LogP contribution < -0.4 is 5.32 Å². The predicted octanol–water partition coefficient (Wildman–Crippen LogP) is 3.33. The van der Waals surface area contributed by atoms with Gasteiger partial charge in [0.25, 0.3) is 5.91 Å². The number of nitrogens with one attached hydrogen (secondary N) is 1. The van der Waals surface area contributed by atoms with Gasteiger partial charge in [0.1, 0.15) is 5.52 Å². The second kappa shape index (κ2) is 7.36. The van der Waals surface area contributed by atoms with E-state index in [0.717, 1.165) is 23.3 Å². The lowest BCUT2D eigenvalue weighted by Gasteiger charge is -2.59. The average Bonchev–Trinajstić information content (AvgIpc) is 3.13. The van der Waals surface area contributed by atoms with Crippen LogP contribution in [0.25, 0.3) is 11.0 Å². The minimum absolute atomic E-state index is 0.123. The molecule has 0 radical (unpaired) electrons. The van der Waals surface area contributed by atoms with Crippen molar-refractivity contribution in [2.24, 2.45) is 23.2 Å². The fraction of sp³-hybridized carbons (Fsp3) is 0.652. The molecular weight excluding hydrogens is 380 g/mol. The Balaban J connectivity index is 1.18. The number of esters is 1. The summed E-state index contributed by atoms with van der Waals surface area (Å²) < 4.78 is 7.05. The summed E-state index contributed by atoms with van der Waals surface area (Å²) in [7, 11) is 0. The minimum atomic E-state index is -0.513. The number of benzene rings is 1. The van der Waals surface area contributed by atoms with Crippen LogP contribution in [-0.4, -0.2) is 39.5 Å². The van der Waals surface area contributed by atoms with E-state index in [1.807, 2.05) is 13.0 Å². The molecule has 1 N–H and O–H groups in total. The maximum Gasteiger partial charge on any atom is 0.338 e. The van der Waals surface area contributed by atoms with Crippen molar-refractivity contribution in [3.8, 4) is 0 Å². The van der Waals surface area contributed by atoms with Gasteiger partial charge in [0, 0.05) is 12.6 Å². The summed E-state index contributed by atoms with van der Waals surface area (Å²) in [6.07, 6.45) is 7.85. The summed E-state index contributed by atoms with van der Waals surface area (Å²) in [5, 5.41) is 11.3. The standard InChI is InChI=1S/C23H30N4O3/c1-3-27-20-5-4-18(9-19(20)25-26-27)22(29)30-13-21(28)24-14(2)23-10-15-6-16(11-23)8-17(7-15)12-23/h4-5,9,14-17H,3,6-8,10-13H2,1-2H3,(H,24,28)/t14-,15?,16?,17?,23?/m0/s1. The highest BCUT2D eigenvalue weighted by Crippen LogP contribution is 2.61. The maximum absolute atomic E-state index is 12.5. The van der Waals surface area contributed by atoms with E-state index in [9.17, 15) is 9.59 Å². The van der Waals surface area contributed by atoms with Crippen molar-refractivity contribution < 1.29 is 14.3 Å². The highest BCUT2D eigenvalue weighted by molar-refractivity contribution is 5.94. The number of hydrogen-bond acceptors (Lipinski definition) is 5. The Morgan fingerprint density at radius 1 is 1.20 bits per heavy atom. The van der Waals surface area contributed by atoms with Crippen LogP contribution in [-0.2, 0) is 16.1 Å². The number of rotatable bonds is 6. The van der Waals surface area contributed by atoms with Crippen molar-refractivity contribution in [3.05, 3.63) is 23.8 Å². The fourth-order valence-corrected chi connectivity index (χ4v) is 6.69. The van der Waals surface area contributed by atoms with E-state index >= 15 is 0 Å². The number of nitrogens with zero attached hydrogens (tertiary/aromatic N) is 3. The summed E-state index contributed by atoms with van der Waals surface area (Å²) in [6.45, 7) is 4.58. The zero-order valence-electron chi connectivity index (χ0n) is 17.8. The SMILES string of the molecule is CCn1nnc2cc(C(=O)OCC(=O)N[C@@H](C)C34CC5CC(CC(C5)C3)C4)ccc21. The van der Waals surface area contributed by atoms with Crippen LogP contribution in [0.4, 0.5) is 0 Å². The molecular formula is C23H30N4O3. The molecule has 6 rings (SSSR count). The van der Waals surface area contributed by atoms with E-state index in [2.05, 4.69) is 22.6 Å². The van der Waals surface area contributed by atoms with Crippen molar-refractivity contribution in [2.45, 2.75) is 65.0 Å². The van der Waals surface area contributed by atoms with Crippen molar-refractivity contribution >= 4 is 22.9 Å². The number of fused-ring (bicyclic) bond motifs is 1. The van der Waals surface area contributed by atoms with Crippen LogP contribution in [0.2, 0.25) is 0 Å². The lowest BCUT2D eigenvalue weighted by molar-refractivity contribution is -0.128. The fourth-order valence-electron chi connectivity index (χ4n) is 6.69. The van der Waals surface area contributed by atoms with Crippen molar-refractivity contribution in [2.75, 3.05) is 6.61 Å². The summed E-state index contributed by atoms with van der Waals surface area (Å²) >= 11 is 0. The zero-order chi connectivity index (χ0) is 20.9. The smallest absolute Gasteiger partial charge is 0.338 e. The second-order valence-electron chi connectivity index (χ2n) is 9.75. The van der Waals surface area contributed by atoms with E-state index in [4.69, 9.17) is 4.74 Å². The molecule has 1 amide bonds. The van der Waals surface area contributed by atoms with Gasteiger partial charge in [0.15, 0.2) is 6.61 Å². The largest absolute Gasteiger partial charge is 0.452 e. The molecule has 30 heavy (non-hydrogen) atoms. The number of ether oxygens (including phenoxy) is 1. The lowest BCUT2D eigenvalue weighted by atomic mass is 9.48. The molecule has 4 saturated carbocycles. The van der Waals surface area contributed by atoms with Crippen LogP contribution in [0.15, 0.2) is 18.2 Å². The third kappa shape index (κ3) is 3.38. The number of aromatic nitrogens is 3. The molecule has 2 aromatic rings. The normalized spacial score (nSPS) is 30.4. The van der Waals surface area contributed by atoms with Crippen LogP contribution in [0, 0.1) is 23.2 Å². The highest BCUT2D eigenvalue weighted by atomic mass is 16.5. The van der Waals surface area contributed by atoms with Gasteiger partial charge in [-0.05, 0) is 93.7 Å². The first kappa shape index (κ1) is 19.5. The highest BCUT2D eigenvalue weighted by Gasteiger charge is 2.53. The lowest BCUT2D eigenvalue weighted by Crippen LogP contribution is -2.56. The Hall–Kier alpha value is -2.44. The predicted molar refractivity (Wildman–Crippen MR) is 112 cm³/mol. The van der Waals surface area contributed by atoms with Gasteiger partial charge in [0.05, 0.1) is 11.1 Å². The molecule has 4 bridgehead atoms. The third-order valence-electron chi connectivity index (χ3n) is 7.77. The molecule has 7 heteroatoms. The van der Waals surface area contributed by atoms with E-state index in [-0.39, 0.29) is 24.0 Å². The van der Waals surface area contributed by atoms with E-state index in [1.165, 1.54) is 38.5 Å². The minimum Gasteiger partial charge on any atom is -0.452 e. The van der Waals surface area contributed by atoms with Gasteiger partial charge < -0.3 is 10.1 Å². The molecule has 0 spiro atoms. The van der Waals surface area contributed by atoms with E-state index in [1.54, 1.807) is 16.8 Å². The molecule has 0 saturated heterocycles. The van der Waals surface area contributed by atoms with Gasteiger partial charge in [-0.1, -0.05) is 5.21 Å². The Kier molecular flexibility index (Phi) is 4.79. The van der Waals surface area contributed by atoms with Crippen LogP contribution in [0.3, 0.4) is 0 Å². The quantitative estimate of drug-likeness (QED) is 0.738. The van der Waals surface area contributed by atoms with E-state index in [0.29, 0.717) is 17.6 Å². The van der Waals surface area contributed by atoms with Crippen LogP contribution in [0.1, 0.15) is 62.7 Å². The van der Waals surface area contributed by atoms with Gasteiger partial charge in [-0.2, -0.15) is 0 Å². The molecule has 7 nitrogen and oxygen atoms in total. The second-order valence-corrected chi connectivity index (χ2v) is 9.75. The van der Waals surface area contributed by atoms with E-state index < -0.39 is 5.97 Å². The maximum atomic E-state index is 12.5. The Bertz CT molecular complexity index is 947. The molecule has 160 valence electrons. The van der Waals surface area contributed by atoms with Gasteiger partial charge in [-0.3, -0.25) is 4.79 Å². The zero-order valence-corrected chi connectivity index (χ0v) is 17.8. The number of carbonyl (C=O) groups is 2. The topological polar surface area (TPSA) is 86.1 Å². The Morgan fingerprint density at radius 3 is 2.50 bits per heavy atom. The summed E-state index contributed by atoms with van der Waals surface area (Å²) in [4.78, 5) is 24.9. The average molecular weight is 411 g/mol. The number of aryl methyl sites for hydroxylation is 1. The molecule has 1 aromatic heterocycles. The molecule has 1 atom stereocenters. The molecule has 0 aliphatic heterocycles. The van der Waals surface area contributed by atoms with Crippen molar-refractivity contribution in [1.82, 2.24) is 20.3 Å². The molecule has 1 aromatic carbocycles. The monoisotopic (exact) mass is 410 g/mol. The summed E-state index contributed by atoms with van der Waals surface area (Å²) in [5.41, 5.74) is 2.14. The van der Waals surface area contributed by atoms with Crippen molar-refractivity contribution in [1.29, 1.82) is 0 Å². The molecule has 4 fully saturated rings. The Labute approximate surface area is 176 Å². The van der Waals surface area contributed by atoms with Crippen LogP contribution >= 0.6 is 0 Å².